The number of fused-ring (bicyclic) bond motifs is 1. The molecule has 5 heteroatoms. The molecular weight excluding hydrogens is 284 g/mol. The van der Waals surface area contributed by atoms with Gasteiger partial charge in [-0.05, 0) is 31.2 Å². The van der Waals surface area contributed by atoms with E-state index < -0.39 is 0 Å². The molecule has 0 aliphatic carbocycles. The van der Waals surface area contributed by atoms with Gasteiger partial charge >= 0.3 is 0 Å². The molecule has 3 aromatic rings. The van der Waals surface area contributed by atoms with Crippen molar-refractivity contribution in [3.8, 4) is 0 Å². The average molecular weight is 299 g/mol. The van der Waals surface area contributed by atoms with Gasteiger partial charge in [0.2, 0.25) is 0 Å². The molecule has 106 valence electrons. The molecule has 1 N–H and O–H groups in total. The Hall–Kier alpha value is -2.20. The highest BCUT2D eigenvalue weighted by Crippen LogP contribution is 2.27. The van der Waals surface area contributed by atoms with Crippen LogP contribution in [0.25, 0.3) is 10.9 Å². The maximum atomic E-state index is 6.18. The van der Waals surface area contributed by atoms with Gasteiger partial charge in [0, 0.05) is 29.3 Å². The molecule has 0 bridgehead atoms. The summed E-state index contributed by atoms with van der Waals surface area (Å²) in [6, 6.07) is 9.91. The third-order valence-corrected chi connectivity index (χ3v) is 3.72. The van der Waals surface area contributed by atoms with E-state index in [0.717, 1.165) is 40.2 Å². The summed E-state index contributed by atoms with van der Waals surface area (Å²) in [5.74, 6) is 1.47. The van der Waals surface area contributed by atoms with Crippen LogP contribution in [-0.4, -0.2) is 15.0 Å². The van der Waals surface area contributed by atoms with Gasteiger partial charge in [-0.2, -0.15) is 0 Å². The third-order valence-electron chi connectivity index (χ3n) is 3.35. The van der Waals surface area contributed by atoms with Gasteiger partial charge in [-0.25, -0.2) is 9.97 Å². The second-order valence-corrected chi connectivity index (χ2v) is 5.12. The van der Waals surface area contributed by atoms with Crippen molar-refractivity contribution >= 4 is 34.0 Å². The van der Waals surface area contributed by atoms with E-state index in [4.69, 9.17) is 11.6 Å². The van der Waals surface area contributed by atoms with Crippen molar-refractivity contribution in [2.24, 2.45) is 0 Å². The van der Waals surface area contributed by atoms with E-state index in [0.29, 0.717) is 5.15 Å². The lowest BCUT2D eigenvalue weighted by Crippen LogP contribution is -2.03. The molecule has 0 aliphatic rings. The van der Waals surface area contributed by atoms with Crippen molar-refractivity contribution in [2.45, 2.75) is 20.3 Å². The van der Waals surface area contributed by atoms with Crippen LogP contribution < -0.4 is 5.32 Å². The van der Waals surface area contributed by atoms with Crippen LogP contribution >= 0.6 is 11.6 Å². The number of benzene rings is 1. The summed E-state index contributed by atoms with van der Waals surface area (Å²) < 4.78 is 0. The fourth-order valence-electron chi connectivity index (χ4n) is 2.15. The standard InChI is InChI=1S/C16H15ClN4/c1-3-14-20-15(17)10(2)16(21-14)19-13-8-4-7-12-11(13)6-5-9-18-12/h4-9H,3H2,1-2H3,(H,19,20,21). The predicted octanol–water partition coefficient (Wildman–Crippen LogP) is 4.29. The number of anilines is 2. The second kappa shape index (κ2) is 5.66. The summed E-state index contributed by atoms with van der Waals surface area (Å²) in [7, 11) is 0. The minimum absolute atomic E-state index is 0.489. The van der Waals surface area contributed by atoms with E-state index in [1.54, 1.807) is 6.20 Å². The number of rotatable bonds is 3. The van der Waals surface area contributed by atoms with Gasteiger partial charge in [-0.15, -0.1) is 0 Å². The number of nitrogens with zero attached hydrogens (tertiary/aromatic N) is 3. The Balaban J connectivity index is 2.09. The zero-order valence-corrected chi connectivity index (χ0v) is 12.6. The monoisotopic (exact) mass is 298 g/mol. The fourth-order valence-corrected chi connectivity index (χ4v) is 2.34. The average Bonchev–Trinajstić information content (AvgIpc) is 2.52. The number of aromatic nitrogens is 3. The Morgan fingerprint density at radius 1 is 1.14 bits per heavy atom. The van der Waals surface area contributed by atoms with Gasteiger partial charge in [0.05, 0.1) is 5.52 Å². The Bertz CT molecular complexity index is 796. The lowest BCUT2D eigenvalue weighted by molar-refractivity contribution is 0.934. The molecule has 0 amide bonds. The number of halogens is 1. The van der Waals surface area contributed by atoms with E-state index in [9.17, 15) is 0 Å². The number of nitrogens with one attached hydrogen (secondary N) is 1. The van der Waals surface area contributed by atoms with E-state index >= 15 is 0 Å². The molecule has 0 saturated heterocycles. The molecule has 21 heavy (non-hydrogen) atoms. The first-order valence-electron chi connectivity index (χ1n) is 6.83. The zero-order chi connectivity index (χ0) is 14.8. The highest BCUT2D eigenvalue weighted by Gasteiger charge is 2.10. The molecular formula is C16H15ClN4. The summed E-state index contributed by atoms with van der Waals surface area (Å²) in [6.07, 6.45) is 2.53. The molecule has 0 atom stereocenters. The van der Waals surface area contributed by atoms with Gasteiger partial charge in [-0.3, -0.25) is 4.98 Å². The number of hydrogen-bond acceptors (Lipinski definition) is 4. The van der Waals surface area contributed by atoms with E-state index in [1.807, 2.05) is 44.2 Å². The smallest absolute Gasteiger partial charge is 0.138 e. The van der Waals surface area contributed by atoms with E-state index in [2.05, 4.69) is 20.3 Å². The van der Waals surface area contributed by atoms with Crippen LogP contribution in [0.5, 0.6) is 0 Å². The number of aryl methyl sites for hydroxylation is 1. The quantitative estimate of drug-likeness (QED) is 0.733. The summed E-state index contributed by atoms with van der Waals surface area (Å²) in [4.78, 5) is 13.1. The highest BCUT2D eigenvalue weighted by atomic mass is 35.5. The molecule has 2 heterocycles. The molecule has 0 spiro atoms. The van der Waals surface area contributed by atoms with Crippen LogP contribution in [0.4, 0.5) is 11.5 Å². The van der Waals surface area contributed by atoms with Crippen LogP contribution in [0, 0.1) is 6.92 Å². The topological polar surface area (TPSA) is 50.7 Å². The van der Waals surface area contributed by atoms with Crippen molar-refractivity contribution in [1.82, 2.24) is 15.0 Å². The largest absolute Gasteiger partial charge is 0.339 e. The van der Waals surface area contributed by atoms with Crippen LogP contribution in [0.3, 0.4) is 0 Å². The number of pyridine rings is 1. The van der Waals surface area contributed by atoms with E-state index in [-0.39, 0.29) is 0 Å². The fraction of sp³-hybridized carbons (Fsp3) is 0.188. The molecule has 0 aliphatic heterocycles. The molecule has 0 saturated carbocycles. The van der Waals surface area contributed by atoms with Crippen molar-refractivity contribution < 1.29 is 0 Å². The first-order valence-corrected chi connectivity index (χ1v) is 7.20. The van der Waals surface area contributed by atoms with Crippen molar-refractivity contribution in [3.05, 3.63) is 53.1 Å². The Labute approximate surface area is 128 Å². The van der Waals surface area contributed by atoms with E-state index in [1.165, 1.54) is 0 Å². The molecule has 0 fully saturated rings. The summed E-state index contributed by atoms with van der Waals surface area (Å²) in [5, 5.41) is 4.89. The van der Waals surface area contributed by atoms with Crippen LogP contribution in [0.1, 0.15) is 18.3 Å². The van der Waals surface area contributed by atoms with Gasteiger partial charge < -0.3 is 5.32 Å². The van der Waals surface area contributed by atoms with Gasteiger partial charge in [-0.1, -0.05) is 24.6 Å². The maximum Gasteiger partial charge on any atom is 0.138 e. The van der Waals surface area contributed by atoms with Crippen molar-refractivity contribution in [2.75, 3.05) is 5.32 Å². The Morgan fingerprint density at radius 3 is 2.81 bits per heavy atom. The number of hydrogen-bond donors (Lipinski definition) is 1. The predicted molar refractivity (Wildman–Crippen MR) is 86.2 cm³/mol. The molecule has 0 unspecified atom stereocenters. The normalized spacial score (nSPS) is 10.8. The minimum Gasteiger partial charge on any atom is -0.339 e. The van der Waals surface area contributed by atoms with Crippen molar-refractivity contribution in [1.29, 1.82) is 0 Å². The van der Waals surface area contributed by atoms with Gasteiger partial charge in [0.1, 0.15) is 16.8 Å². The van der Waals surface area contributed by atoms with Crippen LogP contribution in [0.2, 0.25) is 5.15 Å². The molecule has 2 aromatic heterocycles. The maximum absolute atomic E-state index is 6.18. The highest BCUT2D eigenvalue weighted by molar-refractivity contribution is 6.30. The third kappa shape index (κ3) is 2.67. The SMILES string of the molecule is CCc1nc(Cl)c(C)c(Nc2cccc3ncccc23)n1. The van der Waals surface area contributed by atoms with Crippen LogP contribution in [0.15, 0.2) is 36.5 Å². The lowest BCUT2D eigenvalue weighted by Gasteiger charge is -2.12. The van der Waals surface area contributed by atoms with Gasteiger partial charge in [0.25, 0.3) is 0 Å². The Kier molecular flexibility index (Phi) is 3.71. The summed E-state index contributed by atoms with van der Waals surface area (Å²) >= 11 is 6.18. The van der Waals surface area contributed by atoms with Gasteiger partial charge in [0.15, 0.2) is 0 Å². The first-order chi connectivity index (χ1) is 10.2. The minimum atomic E-state index is 0.489. The zero-order valence-electron chi connectivity index (χ0n) is 11.9. The molecule has 0 radical (unpaired) electrons. The van der Waals surface area contributed by atoms with Crippen LogP contribution in [-0.2, 0) is 6.42 Å². The summed E-state index contributed by atoms with van der Waals surface area (Å²) in [6.45, 7) is 3.92. The molecule has 1 aromatic carbocycles. The Morgan fingerprint density at radius 2 is 2.00 bits per heavy atom. The molecule has 3 rings (SSSR count). The first kappa shape index (κ1) is 13.8. The summed E-state index contributed by atoms with van der Waals surface area (Å²) in [5.41, 5.74) is 2.74. The van der Waals surface area contributed by atoms with Crippen molar-refractivity contribution in [3.63, 3.8) is 0 Å². The second-order valence-electron chi connectivity index (χ2n) is 4.76. The molecule has 4 nitrogen and oxygen atoms in total. The lowest BCUT2D eigenvalue weighted by atomic mass is 10.2.